The number of aryl methyl sites for hydroxylation is 1. The van der Waals surface area contributed by atoms with Crippen LogP contribution in [0.3, 0.4) is 0 Å². The summed E-state index contributed by atoms with van der Waals surface area (Å²) in [5.74, 6) is 0.847. The van der Waals surface area contributed by atoms with Crippen LogP contribution >= 0.6 is 15.9 Å². The Balaban J connectivity index is 2.62. The highest BCUT2D eigenvalue weighted by Gasteiger charge is 2.10. The second-order valence-electron chi connectivity index (χ2n) is 3.39. The normalized spacial score (nSPS) is 10.9. The monoisotopic (exact) mass is 268 g/mol. The van der Waals surface area contributed by atoms with Crippen LogP contribution in [-0.2, 0) is 6.54 Å². The molecular weight excluding hydrogens is 256 g/mol. The van der Waals surface area contributed by atoms with Gasteiger partial charge in [-0.15, -0.1) is 0 Å². The Morgan fingerprint density at radius 1 is 1.47 bits per heavy atom. The van der Waals surface area contributed by atoms with Crippen LogP contribution in [-0.4, -0.2) is 16.9 Å². The van der Waals surface area contributed by atoms with Crippen molar-refractivity contribution in [2.75, 3.05) is 7.11 Å². The van der Waals surface area contributed by atoms with E-state index in [-0.39, 0.29) is 0 Å². The third-order valence-electron chi connectivity index (χ3n) is 2.28. The SMILES string of the molecule is CCCn1nc2cc(Br)ccc2c1OC. The first-order valence-electron chi connectivity index (χ1n) is 4.96. The predicted octanol–water partition coefficient (Wildman–Crippen LogP) is 3.22. The van der Waals surface area contributed by atoms with Gasteiger partial charge >= 0.3 is 0 Å². The van der Waals surface area contributed by atoms with E-state index < -0.39 is 0 Å². The summed E-state index contributed by atoms with van der Waals surface area (Å²) in [6, 6.07) is 6.03. The van der Waals surface area contributed by atoms with E-state index in [1.54, 1.807) is 7.11 Å². The lowest BCUT2D eigenvalue weighted by atomic mass is 10.2. The quantitative estimate of drug-likeness (QED) is 0.855. The maximum atomic E-state index is 5.38. The summed E-state index contributed by atoms with van der Waals surface area (Å²) in [4.78, 5) is 0. The van der Waals surface area contributed by atoms with Crippen LogP contribution in [0, 0.1) is 0 Å². The number of hydrogen-bond acceptors (Lipinski definition) is 2. The molecule has 0 saturated heterocycles. The molecule has 1 heterocycles. The fourth-order valence-electron chi connectivity index (χ4n) is 1.66. The van der Waals surface area contributed by atoms with Gasteiger partial charge in [0.15, 0.2) is 0 Å². The Morgan fingerprint density at radius 2 is 2.27 bits per heavy atom. The molecule has 0 bridgehead atoms. The van der Waals surface area contributed by atoms with Gasteiger partial charge in [-0.2, -0.15) is 5.10 Å². The molecule has 0 radical (unpaired) electrons. The second kappa shape index (κ2) is 4.23. The Morgan fingerprint density at radius 3 is 2.93 bits per heavy atom. The van der Waals surface area contributed by atoms with Gasteiger partial charge in [-0.25, -0.2) is 4.68 Å². The maximum Gasteiger partial charge on any atom is 0.219 e. The Hall–Kier alpha value is -1.03. The van der Waals surface area contributed by atoms with E-state index in [4.69, 9.17) is 4.74 Å². The zero-order chi connectivity index (χ0) is 10.8. The lowest BCUT2D eigenvalue weighted by molar-refractivity contribution is 0.363. The molecule has 4 heteroatoms. The smallest absolute Gasteiger partial charge is 0.219 e. The van der Waals surface area contributed by atoms with Crippen LogP contribution in [0.5, 0.6) is 5.88 Å². The number of nitrogens with zero attached hydrogens (tertiary/aromatic N) is 2. The molecular formula is C11H13BrN2O. The standard InChI is InChI=1S/C11H13BrN2O/c1-3-6-14-11(15-2)9-5-4-8(12)7-10(9)13-14/h4-5,7H,3,6H2,1-2H3. The molecule has 0 aliphatic carbocycles. The number of ether oxygens (including phenoxy) is 1. The number of methoxy groups -OCH3 is 1. The molecule has 0 spiro atoms. The van der Waals surface area contributed by atoms with Gasteiger partial charge in [-0.05, 0) is 24.6 Å². The molecule has 0 saturated carbocycles. The van der Waals surface area contributed by atoms with Crippen LogP contribution in [0.15, 0.2) is 22.7 Å². The minimum Gasteiger partial charge on any atom is -0.481 e. The number of aromatic nitrogens is 2. The van der Waals surface area contributed by atoms with Crippen molar-refractivity contribution in [3.05, 3.63) is 22.7 Å². The molecule has 2 rings (SSSR count). The van der Waals surface area contributed by atoms with E-state index in [0.717, 1.165) is 34.2 Å². The first kappa shape index (κ1) is 10.5. The molecule has 0 atom stereocenters. The molecule has 0 aliphatic rings. The van der Waals surface area contributed by atoms with Crippen molar-refractivity contribution in [2.45, 2.75) is 19.9 Å². The summed E-state index contributed by atoms with van der Waals surface area (Å²) in [5.41, 5.74) is 0.967. The Bertz CT molecular complexity index is 479. The fraction of sp³-hybridized carbons (Fsp3) is 0.364. The number of hydrogen-bond donors (Lipinski definition) is 0. The number of rotatable bonds is 3. The molecule has 0 unspecified atom stereocenters. The second-order valence-corrected chi connectivity index (χ2v) is 4.31. The largest absolute Gasteiger partial charge is 0.481 e. The number of fused-ring (bicyclic) bond motifs is 1. The van der Waals surface area contributed by atoms with Crippen molar-refractivity contribution in [3.63, 3.8) is 0 Å². The highest BCUT2D eigenvalue weighted by atomic mass is 79.9. The summed E-state index contributed by atoms with van der Waals surface area (Å²) in [5, 5.41) is 5.56. The molecule has 15 heavy (non-hydrogen) atoms. The van der Waals surface area contributed by atoms with E-state index in [2.05, 4.69) is 28.0 Å². The Kier molecular flexibility index (Phi) is 2.95. The molecule has 2 aromatic rings. The third kappa shape index (κ3) is 1.86. The minimum atomic E-state index is 0.847. The minimum absolute atomic E-state index is 0.847. The van der Waals surface area contributed by atoms with Gasteiger partial charge in [0.25, 0.3) is 0 Å². The van der Waals surface area contributed by atoms with Gasteiger partial charge < -0.3 is 4.74 Å². The topological polar surface area (TPSA) is 27.1 Å². The average Bonchev–Trinajstić information content (AvgIpc) is 2.54. The average molecular weight is 269 g/mol. The van der Waals surface area contributed by atoms with E-state index in [9.17, 15) is 0 Å². The maximum absolute atomic E-state index is 5.38. The zero-order valence-electron chi connectivity index (χ0n) is 8.83. The van der Waals surface area contributed by atoms with Crippen molar-refractivity contribution in [1.82, 2.24) is 9.78 Å². The van der Waals surface area contributed by atoms with Crippen molar-refractivity contribution in [2.24, 2.45) is 0 Å². The third-order valence-corrected chi connectivity index (χ3v) is 2.78. The zero-order valence-corrected chi connectivity index (χ0v) is 10.4. The van der Waals surface area contributed by atoms with Crippen LogP contribution in [0.1, 0.15) is 13.3 Å². The highest BCUT2D eigenvalue weighted by molar-refractivity contribution is 9.10. The fourth-order valence-corrected chi connectivity index (χ4v) is 2.01. The first-order chi connectivity index (χ1) is 7.26. The van der Waals surface area contributed by atoms with Crippen LogP contribution in [0.4, 0.5) is 0 Å². The van der Waals surface area contributed by atoms with Gasteiger partial charge in [0.1, 0.15) is 0 Å². The Labute approximate surface area is 97.2 Å². The van der Waals surface area contributed by atoms with Gasteiger partial charge in [0, 0.05) is 11.0 Å². The van der Waals surface area contributed by atoms with E-state index in [1.807, 2.05) is 22.9 Å². The predicted molar refractivity (Wildman–Crippen MR) is 64.3 cm³/mol. The number of benzene rings is 1. The summed E-state index contributed by atoms with van der Waals surface area (Å²) in [6.45, 7) is 3.01. The van der Waals surface area contributed by atoms with Crippen molar-refractivity contribution >= 4 is 26.8 Å². The summed E-state index contributed by atoms with van der Waals surface area (Å²) in [6.07, 6.45) is 1.05. The van der Waals surface area contributed by atoms with Crippen LogP contribution in [0.25, 0.3) is 10.9 Å². The molecule has 0 aliphatic heterocycles. The van der Waals surface area contributed by atoms with Gasteiger partial charge in [-0.1, -0.05) is 22.9 Å². The first-order valence-corrected chi connectivity index (χ1v) is 5.75. The van der Waals surface area contributed by atoms with Crippen LogP contribution in [0.2, 0.25) is 0 Å². The van der Waals surface area contributed by atoms with E-state index >= 15 is 0 Å². The number of halogens is 1. The molecule has 0 N–H and O–H groups in total. The van der Waals surface area contributed by atoms with Gasteiger partial charge in [0.05, 0.1) is 18.0 Å². The summed E-state index contributed by atoms with van der Waals surface area (Å²) < 4.78 is 8.33. The molecule has 0 fully saturated rings. The summed E-state index contributed by atoms with van der Waals surface area (Å²) >= 11 is 3.44. The van der Waals surface area contributed by atoms with E-state index in [1.165, 1.54) is 0 Å². The van der Waals surface area contributed by atoms with Gasteiger partial charge in [-0.3, -0.25) is 0 Å². The van der Waals surface area contributed by atoms with Crippen LogP contribution < -0.4 is 4.74 Å². The van der Waals surface area contributed by atoms with Crippen molar-refractivity contribution in [3.8, 4) is 5.88 Å². The molecule has 1 aromatic heterocycles. The molecule has 1 aromatic carbocycles. The van der Waals surface area contributed by atoms with Crippen molar-refractivity contribution < 1.29 is 4.74 Å². The van der Waals surface area contributed by atoms with Gasteiger partial charge in [0.2, 0.25) is 5.88 Å². The summed E-state index contributed by atoms with van der Waals surface area (Å²) in [7, 11) is 1.69. The van der Waals surface area contributed by atoms with E-state index in [0.29, 0.717) is 0 Å². The van der Waals surface area contributed by atoms with Crippen molar-refractivity contribution in [1.29, 1.82) is 0 Å². The highest BCUT2D eigenvalue weighted by Crippen LogP contribution is 2.27. The molecule has 3 nitrogen and oxygen atoms in total. The lowest BCUT2D eigenvalue weighted by Crippen LogP contribution is -2.01. The molecule has 80 valence electrons. The lowest BCUT2D eigenvalue weighted by Gasteiger charge is -2.03. The molecule has 0 amide bonds.